The van der Waals surface area contributed by atoms with Gasteiger partial charge >= 0.3 is 5.97 Å². The van der Waals surface area contributed by atoms with Gasteiger partial charge in [0, 0.05) is 0 Å². The molecule has 2 N–H and O–H groups in total. The van der Waals surface area contributed by atoms with Crippen LogP contribution >= 0.6 is 0 Å². The molecule has 0 spiro atoms. The standard InChI is InChI=1S/C26H27N3O5S/c1-18(2)21-10-12-23(13-11-21)29(35(33,34)24-14-4-19(3)5-15-24)17-25(30)28-27-16-20-6-8-22(9-7-20)26(31)32/h4-16,18H,17H2,1-3H3,(H,28,30)(H,31,32)/b27-16-. The number of rotatable bonds is 9. The zero-order valence-electron chi connectivity index (χ0n) is 19.7. The van der Waals surface area contributed by atoms with E-state index in [-0.39, 0.29) is 16.4 Å². The van der Waals surface area contributed by atoms with Crippen LogP contribution in [0.5, 0.6) is 0 Å². The SMILES string of the molecule is Cc1ccc(S(=O)(=O)N(CC(=O)N/N=C\c2ccc(C(=O)O)cc2)c2ccc(C(C)C)cc2)cc1. The molecule has 182 valence electrons. The van der Waals surface area contributed by atoms with Crippen LogP contribution in [0, 0.1) is 6.92 Å². The fourth-order valence-corrected chi connectivity index (χ4v) is 4.66. The highest BCUT2D eigenvalue weighted by atomic mass is 32.2. The van der Waals surface area contributed by atoms with Crippen molar-refractivity contribution >= 4 is 33.8 Å². The molecule has 3 rings (SSSR count). The van der Waals surface area contributed by atoms with E-state index in [2.05, 4.69) is 10.5 Å². The van der Waals surface area contributed by atoms with E-state index < -0.39 is 28.4 Å². The molecule has 0 saturated heterocycles. The molecule has 0 saturated carbocycles. The Labute approximate surface area is 205 Å². The Hall–Kier alpha value is -3.98. The predicted octanol–water partition coefficient (Wildman–Crippen LogP) is 4.16. The van der Waals surface area contributed by atoms with Crippen molar-refractivity contribution in [2.45, 2.75) is 31.6 Å². The Bertz CT molecular complexity index is 1310. The van der Waals surface area contributed by atoms with Gasteiger partial charge in [0.25, 0.3) is 15.9 Å². The number of sulfonamides is 1. The Balaban J connectivity index is 1.82. The number of hydrazone groups is 1. The second-order valence-electron chi connectivity index (χ2n) is 8.29. The maximum Gasteiger partial charge on any atom is 0.335 e. The number of hydrogen-bond donors (Lipinski definition) is 2. The fourth-order valence-electron chi connectivity index (χ4n) is 3.23. The van der Waals surface area contributed by atoms with Gasteiger partial charge in [-0.25, -0.2) is 18.6 Å². The number of nitrogens with zero attached hydrogens (tertiary/aromatic N) is 2. The van der Waals surface area contributed by atoms with Crippen molar-refractivity contribution in [2.75, 3.05) is 10.8 Å². The minimum Gasteiger partial charge on any atom is -0.478 e. The summed E-state index contributed by atoms with van der Waals surface area (Å²) in [7, 11) is -4.02. The van der Waals surface area contributed by atoms with E-state index in [4.69, 9.17) is 5.11 Å². The number of carboxylic acids is 1. The van der Waals surface area contributed by atoms with Crippen molar-refractivity contribution in [1.29, 1.82) is 0 Å². The Morgan fingerprint density at radius 2 is 1.57 bits per heavy atom. The number of aryl methyl sites for hydroxylation is 1. The minimum atomic E-state index is -4.02. The molecule has 0 aliphatic carbocycles. The first-order chi connectivity index (χ1) is 16.6. The van der Waals surface area contributed by atoms with Gasteiger partial charge in [0.05, 0.1) is 22.4 Å². The summed E-state index contributed by atoms with van der Waals surface area (Å²) in [5.41, 5.74) is 5.37. The lowest BCUT2D eigenvalue weighted by Gasteiger charge is -2.24. The van der Waals surface area contributed by atoms with E-state index >= 15 is 0 Å². The molecule has 35 heavy (non-hydrogen) atoms. The van der Waals surface area contributed by atoms with E-state index in [9.17, 15) is 18.0 Å². The molecule has 3 aromatic carbocycles. The normalized spacial score (nSPS) is 11.5. The van der Waals surface area contributed by atoms with Crippen molar-refractivity contribution < 1.29 is 23.1 Å². The average Bonchev–Trinajstić information content (AvgIpc) is 2.83. The molecule has 0 aliphatic rings. The lowest BCUT2D eigenvalue weighted by Crippen LogP contribution is -2.39. The monoisotopic (exact) mass is 493 g/mol. The molecule has 9 heteroatoms. The summed E-state index contributed by atoms with van der Waals surface area (Å²) in [5, 5.41) is 12.8. The lowest BCUT2D eigenvalue weighted by molar-refractivity contribution is -0.119. The second-order valence-corrected chi connectivity index (χ2v) is 10.2. The summed E-state index contributed by atoms with van der Waals surface area (Å²) < 4.78 is 27.9. The average molecular weight is 494 g/mol. The first-order valence-corrected chi connectivity index (χ1v) is 12.4. The highest BCUT2D eigenvalue weighted by Crippen LogP contribution is 2.26. The van der Waals surface area contributed by atoms with Crippen molar-refractivity contribution in [3.63, 3.8) is 0 Å². The number of carbonyl (C=O) groups excluding carboxylic acids is 1. The van der Waals surface area contributed by atoms with Gasteiger partial charge in [0.2, 0.25) is 0 Å². The molecule has 0 bridgehead atoms. The molecule has 0 aliphatic heterocycles. The van der Waals surface area contributed by atoms with Crippen LogP contribution in [-0.2, 0) is 14.8 Å². The van der Waals surface area contributed by atoms with Crippen LogP contribution in [0.2, 0.25) is 0 Å². The molecule has 0 atom stereocenters. The summed E-state index contributed by atoms with van der Waals surface area (Å²) in [6.45, 7) is 5.46. The van der Waals surface area contributed by atoms with Crippen molar-refractivity contribution in [1.82, 2.24) is 5.43 Å². The molecule has 0 aromatic heterocycles. The number of anilines is 1. The minimum absolute atomic E-state index is 0.0749. The Kier molecular flexibility index (Phi) is 8.03. The smallest absolute Gasteiger partial charge is 0.335 e. The molecule has 0 fully saturated rings. The Morgan fingerprint density at radius 3 is 2.11 bits per heavy atom. The Morgan fingerprint density at radius 1 is 0.971 bits per heavy atom. The van der Waals surface area contributed by atoms with Crippen molar-refractivity contribution in [3.8, 4) is 0 Å². The number of nitrogens with one attached hydrogen (secondary N) is 1. The summed E-state index contributed by atoms with van der Waals surface area (Å²) >= 11 is 0. The van der Waals surface area contributed by atoms with E-state index in [1.165, 1.54) is 30.5 Å². The first-order valence-electron chi connectivity index (χ1n) is 10.9. The van der Waals surface area contributed by atoms with Crippen molar-refractivity contribution in [3.05, 3.63) is 95.1 Å². The molecule has 3 aromatic rings. The van der Waals surface area contributed by atoms with E-state index in [1.54, 1.807) is 36.4 Å². The largest absolute Gasteiger partial charge is 0.478 e. The van der Waals surface area contributed by atoms with Crippen LogP contribution in [0.4, 0.5) is 5.69 Å². The van der Waals surface area contributed by atoms with Gasteiger partial charge in [0.1, 0.15) is 6.54 Å². The molecular formula is C26H27N3O5S. The number of amides is 1. The van der Waals surface area contributed by atoms with Crippen molar-refractivity contribution in [2.24, 2.45) is 5.10 Å². The second kappa shape index (κ2) is 11.0. The first kappa shape index (κ1) is 25.6. The highest BCUT2D eigenvalue weighted by Gasteiger charge is 2.27. The number of carboxylic acid groups (broad SMARTS) is 1. The van der Waals surface area contributed by atoms with E-state index in [0.717, 1.165) is 15.4 Å². The summed E-state index contributed by atoms with van der Waals surface area (Å²) in [5.74, 6) is -1.40. The van der Waals surface area contributed by atoms with Crippen LogP contribution in [0.3, 0.4) is 0 Å². The highest BCUT2D eigenvalue weighted by molar-refractivity contribution is 7.92. The third-order valence-electron chi connectivity index (χ3n) is 5.30. The van der Waals surface area contributed by atoms with Crippen LogP contribution in [-0.4, -0.2) is 38.2 Å². The van der Waals surface area contributed by atoms with Gasteiger partial charge in [-0.2, -0.15) is 5.10 Å². The predicted molar refractivity (Wildman–Crippen MR) is 135 cm³/mol. The van der Waals surface area contributed by atoms with Gasteiger partial charge < -0.3 is 5.11 Å². The number of benzene rings is 3. The quantitative estimate of drug-likeness (QED) is 0.343. The van der Waals surface area contributed by atoms with Gasteiger partial charge in [-0.1, -0.05) is 55.8 Å². The van der Waals surface area contributed by atoms with Crippen LogP contribution < -0.4 is 9.73 Å². The summed E-state index contributed by atoms with van der Waals surface area (Å²) in [6, 6.07) is 19.4. The number of aromatic carboxylic acids is 1. The summed E-state index contributed by atoms with van der Waals surface area (Å²) in [4.78, 5) is 23.7. The topological polar surface area (TPSA) is 116 Å². The lowest BCUT2D eigenvalue weighted by atomic mass is 10.0. The molecule has 0 unspecified atom stereocenters. The molecular weight excluding hydrogens is 466 g/mol. The van der Waals surface area contributed by atoms with Gasteiger partial charge in [-0.15, -0.1) is 0 Å². The maximum absolute atomic E-state index is 13.4. The fraction of sp³-hybridized carbons (Fsp3) is 0.192. The zero-order chi connectivity index (χ0) is 25.6. The van der Waals surface area contributed by atoms with E-state index in [0.29, 0.717) is 11.3 Å². The van der Waals surface area contributed by atoms with Crippen LogP contribution in [0.25, 0.3) is 0 Å². The molecule has 8 nitrogen and oxygen atoms in total. The van der Waals surface area contributed by atoms with E-state index in [1.807, 2.05) is 32.9 Å². The zero-order valence-corrected chi connectivity index (χ0v) is 20.5. The third kappa shape index (κ3) is 6.54. The van der Waals surface area contributed by atoms with Gasteiger partial charge in [0.15, 0.2) is 0 Å². The van der Waals surface area contributed by atoms with Crippen LogP contribution in [0.15, 0.2) is 82.8 Å². The number of carbonyl (C=O) groups is 2. The van der Waals surface area contributed by atoms with Gasteiger partial charge in [-0.05, 0) is 60.4 Å². The molecule has 0 heterocycles. The molecule has 0 radical (unpaired) electrons. The van der Waals surface area contributed by atoms with Crippen LogP contribution in [0.1, 0.15) is 46.8 Å². The molecule has 1 amide bonds. The maximum atomic E-state index is 13.4. The summed E-state index contributed by atoms with van der Waals surface area (Å²) in [6.07, 6.45) is 1.35. The number of hydrogen-bond acceptors (Lipinski definition) is 5. The third-order valence-corrected chi connectivity index (χ3v) is 7.09. The van der Waals surface area contributed by atoms with Gasteiger partial charge in [-0.3, -0.25) is 9.10 Å².